The summed E-state index contributed by atoms with van der Waals surface area (Å²) < 4.78 is 2.50. The molecule has 5 nitrogen and oxygen atoms in total. The van der Waals surface area contributed by atoms with E-state index in [1.807, 2.05) is 47.2 Å². The zero-order chi connectivity index (χ0) is 16.2. The fraction of sp³-hybridized carbons (Fsp3) is 0.0588. The summed E-state index contributed by atoms with van der Waals surface area (Å²) in [5.41, 5.74) is 6.28. The highest BCUT2D eigenvalue weighted by atomic mass is 79.9. The minimum absolute atomic E-state index is 0.129. The van der Waals surface area contributed by atoms with Crippen molar-refractivity contribution in [3.05, 3.63) is 70.8 Å². The third kappa shape index (κ3) is 3.43. The van der Waals surface area contributed by atoms with E-state index in [1.165, 1.54) is 0 Å². The first-order chi connectivity index (χ1) is 11.1. The Balaban J connectivity index is 1.62. The van der Waals surface area contributed by atoms with Gasteiger partial charge in [0.05, 0.1) is 5.56 Å². The molecule has 23 heavy (non-hydrogen) atoms. The molecule has 6 heteroatoms. The summed E-state index contributed by atoms with van der Waals surface area (Å²) in [4.78, 5) is 24.0. The monoisotopic (exact) mass is 371 g/mol. The van der Waals surface area contributed by atoms with Gasteiger partial charge in [0.1, 0.15) is 6.54 Å². The van der Waals surface area contributed by atoms with E-state index in [-0.39, 0.29) is 18.4 Å². The van der Waals surface area contributed by atoms with Gasteiger partial charge in [0.15, 0.2) is 0 Å². The number of hydrazine groups is 1. The minimum atomic E-state index is -0.372. The van der Waals surface area contributed by atoms with Crippen molar-refractivity contribution >= 4 is 38.6 Å². The molecule has 0 fully saturated rings. The van der Waals surface area contributed by atoms with Crippen LogP contribution >= 0.6 is 15.9 Å². The predicted molar refractivity (Wildman–Crippen MR) is 91.7 cm³/mol. The van der Waals surface area contributed by atoms with Crippen molar-refractivity contribution in [2.45, 2.75) is 6.54 Å². The van der Waals surface area contributed by atoms with Crippen LogP contribution in [0.1, 0.15) is 10.4 Å². The van der Waals surface area contributed by atoms with Gasteiger partial charge in [-0.15, -0.1) is 0 Å². The van der Waals surface area contributed by atoms with Crippen LogP contribution in [-0.2, 0) is 11.3 Å². The van der Waals surface area contributed by atoms with Crippen molar-refractivity contribution in [1.29, 1.82) is 0 Å². The maximum Gasteiger partial charge on any atom is 0.270 e. The molecular weight excluding hydrogens is 358 g/mol. The molecule has 3 aromatic rings. The Morgan fingerprint density at radius 2 is 1.70 bits per heavy atom. The van der Waals surface area contributed by atoms with Crippen LogP contribution in [0.2, 0.25) is 0 Å². The Morgan fingerprint density at radius 1 is 0.957 bits per heavy atom. The molecule has 0 aliphatic carbocycles. The van der Waals surface area contributed by atoms with Crippen LogP contribution in [0.3, 0.4) is 0 Å². The van der Waals surface area contributed by atoms with Crippen molar-refractivity contribution in [1.82, 2.24) is 15.4 Å². The van der Waals surface area contributed by atoms with E-state index in [2.05, 4.69) is 26.8 Å². The number of hydrogen-bond acceptors (Lipinski definition) is 2. The van der Waals surface area contributed by atoms with Crippen LogP contribution in [0.5, 0.6) is 0 Å². The number of fused-ring (bicyclic) bond motifs is 1. The number of hydrogen-bond donors (Lipinski definition) is 2. The van der Waals surface area contributed by atoms with Crippen LogP contribution in [0.4, 0.5) is 0 Å². The van der Waals surface area contributed by atoms with Gasteiger partial charge in [0.25, 0.3) is 11.8 Å². The van der Waals surface area contributed by atoms with Gasteiger partial charge in [-0.05, 0) is 45.6 Å². The number of amides is 2. The van der Waals surface area contributed by atoms with Crippen LogP contribution in [-0.4, -0.2) is 16.4 Å². The third-order valence-electron chi connectivity index (χ3n) is 3.43. The van der Waals surface area contributed by atoms with Gasteiger partial charge in [-0.2, -0.15) is 0 Å². The molecule has 0 unspecified atom stereocenters. The van der Waals surface area contributed by atoms with E-state index in [4.69, 9.17) is 0 Å². The normalized spacial score (nSPS) is 10.5. The smallest absolute Gasteiger partial charge is 0.270 e. The number of aromatic nitrogens is 1. The zero-order valence-electron chi connectivity index (χ0n) is 12.1. The molecule has 0 saturated carbocycles. The second-order valence-electron chi connectivity index (χ2n) is 4.98. The Morgan fingerprint density at radius 3 is 2.52 bits per heavy atom. The van der Waals surface area contributed by atoms with Crippen molar-refractivity contribution in [3.63, 3.8) is 0 Å². The second-order valence-corrected chi connectivity index (χ2v) is 5.84. The number of benzene rings is 2. The van der Waals surface area contributed by atoms with Gasteiger partial charge >= 0.3 is 0 Å². The van der Waals surface area contributed by atoms with E-state index >= 15 is 0 Å². The molecule has 0 spiro atoms. The van der Waals surface area contributed by atoms with Gasteiger partial charge < -0.3 is 4.57 Å². The van der Waals surface area contributed by atoms with Crippen LogP contribution in [0.25, 0.3) is 10.9 Å². The molecule has 0 atom stereocenters. The molecule has 1 heterocycles. The topological polar surface area (TPSA) is 63.1 Å². The molecule has 116 valence electrons. The lowest BCUT2D eigenvalue weighted by Gasteiger charge is -2.09. The third-order valence-corrected chi connectivity index (χ3v) is 4.12. The highest BCUT2D eigenvalue weighted by Gasteiger charge is 2.11. The molecule has 1 aromatic heterocycles. The van der Waals surface area contributed by atoms with Gasteiger partial charge in [-0.1, -0.05) is 30.3 Å². The molecule has 0 aliphatic heterocycles. The van der Waals surface area contributed by atoms with Crippen molar-refractivity contribution in [2.24, 2.45) is 0 Å². The quantitative estimate of drug-likeness (QED) is 0.695. The summed E-state index contributed by atoms with van der Waals surface area (Å²) in [5, 5.41) is 1.07. The lowest BCUT2D eigenvalue weighted by molar-refractivity contribution is -0.122. The number of para-hydroxylation sites is 1. The molecule has 0 radical (unpaired) electrons. The average molecular weight is 372 g/mol. The molecule has 3 rings (SSSR count). The standard InChI is InChI=1S/C17H14BrN3O2/c18-14-7-3-2-6-13(14)17(23)20-19-16(22)11-21-10-9-12-5-1-4-8-15(12)21/h1-10H,11H2,(H,19,22)(H,20,23). The summed E-state index contributed by atoms with van der Waals surface area (Å²) in [7, 11) is 0. The number of rotatable bonds is 3. The largest absolute Gasteiger partial charge is 0.338 e. The SMILES string of the molecule is O=C(Cn1ccc2ccccc21)NNC(=O)c1ccccc1Br. The highest BCUT2D eigenvalue weighted by molar-refractivity contribution is 9.10. The van der Waals surface area contributed by atoms with E-state index in [0.29, 0.717) is 10.0 Å². The molecular formula is C17H14BrN3O2. The number of halogens is 1. The molecule has 2 aromatic carbocycles. The van der Waals surface area contributed by atoms with E-state index < -0.39 is 0 Å². The molecule has 0 aliphatic rings. The first-order valence-electron chi connectivity index (χ1n) is 7.03. The highest BCUT2D eigenvalue weighted by Crippen LogP contribution is 2.16. The van der Waals surface area contributed by atoms with Crippen molar-refractivity contribution in [2.75, 3.05) is 0 Å². The lowest BCUT2D eigenvalue weighted by Crippen LogP contribution is -2.43. The Labute approximate surface area is 141 Å². The van der Waals surface area contributed by atoms with Crippen molar-refractivity contribution < 1.29 is 9.59 Å². The lowest BCUT2D eigenvalue weighted by atomic mass is 10.2. The first kappa shape index (κ1) is 15.3. The summed E-state index contributed by atoms with van der Waals surface area (Å²) in [5.74, 6) is -0.671. The van der Waals surface area contributed by atoms with E-state index in [0.717, 1.165) is 10.9 Å². The number of nitrogens with zero attached hydrogens (tertiary/aromatic N) is 1. The van der Waals surface area contributed by atoms with Crippen LogP contribution in [0.15, 0.2) is 65.3 Å². The minimum Gasteiger partial charge on any atom is -0.338 e. The van der Waals surface area contributed by atoms with Gasteiger partial charge in [0.2, 0.25) is 0 Å². The Hall–Kier alpha value is -2.60. The molecule has 0 saturated heterocycles. The Bertz CT molecular complexity index is 873. The average Bonchev–Trinajstić information content (AvgIpc) is 2.96. The summed E-state index contributed by atoms with van der Waals surface area (Å²) in [6.45, 7) is 0.129. The fourth-order valence-electron chi connectivity index (χ4n) is 2.31. The summed E-state index contributed by atoms with van der Waals surface area (Å²) in [6.07, 6.45) is 1.85. The van der Waals surface area contributed by atoms with Gasteiger partial charge in [-0.25, -0.2) is 0 Å². The number of nitrogens with one attached hydrogen (secondary N) is 2. The predicted octanol–water partition coefficient (Wildman–Crippen LogP) is 2.87. The zero-order valence-corrected chi connectivity index (χ0v) is 13.7. The van der Waals surface area contributed by atoms with Gasteiger partial charge in [0, 0.05) is 16.2 Å². The molecule has 2 N–H and O–H groups in total. The Kier molecular flexibility index (Phi) is 4.43. The fourth-order valence-corrected chi connectivity index (χ4v) is 2.78. The first-order valence-corrected chi connectivity index (χ1v) is 7.82. The molecule has 2 amide bonds. The van der Waals surface area contributed by atoms with E-state index in [9.17, 15) is 9.59 Å². The maximum absolute atomic E-state index is 12.0. The number of carbonyl (C=O) groups is 2. The van der Waals surface area contributed by atoms with Crippen molar-refractivity contribution in [3.8, 4) is 0 Å². The van der Waals surface area contributed by atoms with Crippen LogP contribution < -0.4 is 10.9 Å². The second kappa shape index (κ2) is 6.66. The summed E-state index contributed by atoms with van der Waals surface area (Å²) in [6, 6.07) is 16.8. The summed E-state index contributed by atoms with van der Waals surface area (Å²) >= 11 is 3.30. The van der Waals surface area contributed by atoms with Gasteiger partial charge in [-0.3, -0.25) is 20.4 Å². The maximum atomic E-state index is 12.0. The molecule has 0 bridgehead atoms. The van der Waals surface area contributed by atoms with E-state index in [1.54, 1.807) is 18.2 Å². The van der Waals surface area contributed by atoms with Crippen LogP contribution in [0, 0.1) is 0 Å². The number of carbonyl (C=O) groups excluding carboxylic acids is 2.